The van der Waals surface area contributed by atoms with Gasteiger partial charge in [-0.3, -0.25) is 0 Å². The first kappa shape index (κ1) is 17.3. The number of allylic oxidation sites excluding steroid dienone is 1. The van der Waals surface area contributed by atoms with Crippen molar-refractivity contribution in [3.63, 3.8) is 0 Å². The number of rotatable bonds is 5. The second kappa shape index (κ2) is 7.04. The molecule has 23 heavy (non-hydrogen) atoms. The molecule has 4 nitrogen and oxygen atoms in total. The number of aromatic amines is 1. The molecule has 0 aliphatic carbocycles. The molecule has 122 valence electrons. The monoisotopic (exact) mass is 328 g/mol. The average molecular weight is 328 g/mol. The van der Waals surface area contributed by atoms with Gasteiger partial charge in [-0.1, -0.05) is 13.5 Å². The van der Waals surface area contributed by atoms with Crippen LogP contribution in [0.3, 0.4) is 0 Å². The number of aliphatic imine (C=N–C) groups is 1. The predicted octanol–water partition coefficient (Wildman–Crippen LogP) is 4.63. The van der Waals surface area contributed by atoms with Crippen molar-refractivity contribution in [2.24, 2.45) is 10.7 Å². The van der Waals surface area contributed by atoms with Crippen LogP contribution in [0.15, 0.2) is 22.8 Å². The van der Waals surface area contributed by atoms with Gasteiger partial charge in [0, 0.05) is 17.3 Å². The largest absolute Gasteiger partial charge is 0.390 e. The fourth-order valence-corrected chi connectivity index (χ4v) is 3.55. The Kier molecular flexibility index (Phi) is 5.31. The van der Waals surface area contributed by atoms with Gasteiger partial charge >= 0.3 is 0 Å². The van der Waals surface area contributed by atoms with E-state index < -0.39 is 0 Å². The van der Waals surface area contributed by atoms with E-state index in [9.17, 15) is 0 Å². The van der Waals surface area contributed by atoms with Crippen molar-refractivity contribution in [2.75, 3.05) is 6.26 Å². The Balaban J connectivity index is 2.72. The Morgan fingerprint density at radius 3 is 2.65 bits per heavy atom. The highest BCUT2D eigenvalue weighted by Crippen LogP contribution is 2.38. The molecule has 0 aliphatic heterocycles. The molecule has 0 saturated carbocycles. The molecular weight excluding hydrogens is 304 g/mol. The van der Waals surface area contributed by atoms with E-state index in [0.717, 1.165) is 39.4 Å². The molecule has 0 spiro atoms. The van der Waals surface area contributed by atoms with Crippen LogP contribution in [-0.2, 0) is 6.42 Å². The van der Waals surface area contributed by atoms with E-state index in [1.165, 1.54) is 17.5 Å². The van der Waals surface area contributed by atoms with Gasteiger partial charge in [0.2, 0.25) is 0 Å². The smallest absolute Gasteiger partial charge is 0.156 e. The number of aromatic nitrogens is 2. The first-order chi connectivity index (χ1) is 11.0. The summed E-state index contributed by atoms with van der Waals surface area (Å²) in [6.07, 6.45) is 6.18. The molecule has 0 bridgehead atoms. The maximum atomic E-state index is 5.40. The molecule has 0 aliphatic rings. The van der Waals surface area contributed by atoms with Gasteiger partial charge in [0.15, 0.2) is 5.82 Å². The summed E-state index contributed by atoms with van der Waals surface area (Å²) in [5.74, 6) is 0.670. The zero-order valence-electron chi connectivity index (χ0n) is 14.4. The van der Waals surface area contributed by atoms with Crippen LogP contribution in [0.25, 0.3) is 16.8 Å². The predicted molar refractivity (Wildman–Crippen MR) is 102 cm³/mol. The Morgan fingerprint density at radius 1 is 1.43 bits per heavy atom. The van der Waals surface area contributed by atoms with Gasteiger partial charge in [-0.25, -0.2) is 9.98 Å². The zero-order chi connectivity index (χ0) is 17.1. The van der Waals surface area contributed by atoms with Crippen LogP contribution >= 0.6 is 11.8 Å². The highest BCUT2D eigenvalue weighted by molar-refractivity contribution is 7.98. The summed E-state index contributed by atoms with van der Waals surface area (Å²) in [7, 11) is 0. The minimum Gasteiger partial charge on any atom is -0.390 e. The van der Waals surface area contributed by atoms with Crippen molar-refractivity contribution in [1.82, 2.24) is 9.97 Å². The second-order valence-corrected chi connectivity index (χ2v) is 6.36. The number of hydrogen-bond donors (Lipinski definition) is 2. The third-order valence-electron chi connectivity index (χ3n) is 4.14. The number of hydrogen-bond acceptors (Lipinski definition) is 3. The van der Waals surface area contributed by atoms with E-state index in [4.69, 9.17) is 5.73 Å². The minimum absolute atomic E-state index is 0.670. The van der Waals surface area contributed by atoms with Crippen LogP contribution in [0.2, 0.25) is 0 Å². The lowest BCUT2D eigenvalue weighted by Gasteiger charge is -2.11. The van der Waals surface area contributed by atoms with Crippen molar-refractivity contribution >= 4 is 29.5 Å². The maximum absolute atomic E-state index is 5.40. The number of nitrogens with one attached hydrogen (secondary N) is 1. The number of nitrogens with zero attached hydrogens (tertiary/aromatic N) is 2. The van der Waals surface area contributed by atoms with Crippen molar-refractivity contribution in [3.8, 4) is 11.3 Å². The first-order valence-electron chi connectivity index (χ1n) is 7.61. The fraction of sp³-hybridized carbons (Fsp3) is 0.333. The molecule has 0 saturated heterocycles. The van der Waals surface area contributed by atoms with Crippen LogP contribution in [0.4, 0.5) is 5.82 Å². The molecule has 0 aromatic carbocycles. The third-order valence-corrected chi connectivity index (χ3v) is 4.85. The normalized spacial score (nSPS) is 11.3. The average Bonchev–Trinajstić information content (AvgIpc) is 2.90. The van der Waals surface area contributed by atoms with Gasteiger partial charge < -0.3 is 10.7 Å². The summed E-state index contributed by atoms with van der Waals surface area (Å²) in [6.45, 7) is 12.5. The van der Waals surface area contributed by atoms with E-state index in [2.05, 4.69) is 48.6 Å². The standard InChI is InChI=1S/C18H24N4S/c1-7-13-15(10(2)3)18(23-6)22-16(13)14-8-20-17(21-9-19)12(5)11(14)4/h8-9,22H,2,7H2,1,3-6H3,(H2,19,20,21). The lowest BCUT2D eigenvalue weighted by Crippen LogP contribution is -1.96. The molecule has 2 rings (SSSR count). The van der Waals surface area contributed by atoms with Crippen molar-refractivity contribution in [2.45, 2.75) is 39.1 Å². The van der Waals surface area contributed by atoms with Crippen molar-refractivity contribution in [3.05, 3.63) is 35.0 Å². The van der Waals surface area contributed by atoms with Crippen LogP contribution in [0.1, 0.15) is 36.1 Å². The third kappa shape index (κ3) is 3.06. The quantitative estimate of drug-likeness (QED) is 0.478. The van der Waals surface area contributed by atoms with Gasteiger partial charge in [-0.05, 0) is 55.7 Å². The minimum atomic E-state index is 0.670. The lowest BCUT2D eigenvalue weighted by molar-refractivity contribution is 1.12. The highest BCUT2D eigenvalue weighted by Gasteiger charge is 2.20. The zero-order valence-corrected chi connectivity index (χ0v) is 15.3. The lowest BCUT2D eigenvalue weighted by atomic mass is 9.96. The van der Waals surface area contributed by atoms with Crippen molar-refractivity contribution < 1.29 is 0 Å². The summed E-state index contributed by atoms with van der Waals surface area (Å²) in [4.78, 5) is 12.2. The molecule has 0 fully saturated rings. The number of thioether (sulfide) groups is 1. The molecule has 2 heterocycles. The highest BCUT2D eigenvalue weighted by atomic mass is 32.2. The van der Waals surface area contributed by atoms with E-state index in [0.29, 0.717) is 5.82 Å². The van der Waals surface area contributed by atoms with Crippen LogP contribution in [0, 0.1) is 13.8 Å². The van der Waals surface area contributed by atoms with E-state index in [1.54, 1.807) is 11.8 Å². The first-order valence-corrected chi connectivity index (χ1v) is 8.84. The van der Waals surface area contributed by atoms with Crippen LogP contribution in [0.5, 0.6) is 0 Å². The maximum Gasteiger partial charge on any atom is 0.156 e. The Morgan fingerprint density at radius 2 is 2.13 bits per heavy atom. The van der Waals surface area contributed by atoms with Gasteiger partial charge in [0.1, 0.15) is 0 Å². The fourth-order valence-electron chi connectivity index (χ4n) is 2.84. The molecule has 2 aromatic heterocycles. The Bertz CT molecular complexity index is 772. The molecule has 3 N–H and O–H groups in total. The molecule has 0 radical (unpaired) electrons. The van der Waals surface area contributed by atoms with E-state index in [1.807, 2.05) is 13.1 Å². The van der Waals surface area contributed by atoms with Gasteiger partial charge in [0.05, 0.1) is 17.1 Å². The summed E-state index contributed by atoms with van der Waals surface area (Å²) in [5, 5.41) is 1.16. The Hall–Kier alpha value is -2.01. The number of H-pyrrole nitrogens is 1. The summed E-state index contributed by atoms with van der Waals surface area (Å²) in [6, 6.07) is 0. The van der Waals surface area contributed by atoms with Crippen molar-refractivity contribution in [1.29, 1.82) is 0 Å². The van der Waals surface area contributed by atoms with E-state index in [-0.39, 0.29) is 0 Å². The molecule has 5 heteroatoms. The van der Waals surface area contributed by atoms with Gasteiger partial charge in [-0.2, -0.15) is 0 Å². The molecule has 2 aromatic rings. The number of pyridine rings is 1. The summed E-state index contributed by atoms with van der Waals surface area (Å²) in [5.41, 5.74) is 13.5. The molecule has 0 atom stereocenters. The van der Waals surface area contributed by atoms with Crippen LogP contribution < -0.4 is 5.73 Å². The molecular formula is C18H24N4S. The Labute approximate surface area is 142 Å². The van der Waals surface area contributed by atoms with Gasteiger partial charge in [-0.15, -0.1) is 11.8 Å². The van der Waals surface area contributed by atoms with Gasteiger partial charge in [0.25, 0.3) is 0 Å². The topological polar surface area (TPSA) is 67.1 Å². The SMILES string of the molecule is C=C(C)c1c(SC)[nH]c(-c2cnc(N=CN)c(C)c2C)c1CC. The molecule has 0 unspecified atom stereocenters. The molecule has 0 amide bonds. The second-order valence-electron chi connectivity index (χ2n) is 5.54. The van der Waals surface area contributed by atoms with E-state index >= 15 is 0 Å². The summed E-state index contributed by atoms with van der Waals surface area (Å²) < 4.78 is 0. The van der Waals surface area contributed by atoms with Crippen LogP contribution in [-0.4, -0.2) is 22.6 Å². The number of nitrogens with two attached hydrogens (primary N) is 1. The summed E-state index contributed by atoms with van der Waals surface area (Å²) >= 11 is 1.71.